The third kappa shape index (κ3) is 2.34. The van der Waals surface area contributed by atoms with E-state index in [9.17, 15) is 0 Å². The number of pyridine rings is 1. The lowest BCUT2D eigenvalue weighted by Gasteiger charge is -2.26. The maximum atomic E-state index is 4.79. The fourth-order valence-corrected chi connectivity index (χ4v) is 3.15. The number of hydrogen-bond acceptors (Lipinski definition) is 2. The number of imidazole rings is 1. The molecule has 3 nitrogen and oxygen atoms in total. The topological polar surface area (TPSA) is 20.5 Å². The van der Waals surface area contributed by atoms with Crippen molar-refractivity contribution in [3.8, 4) is 0 Å². The molecule has 106 valence electrons. The number of hydrogen-bond donors (Lipinski definition) is 0. The van der Waals surface area contributed by atoms with E-state index in [1.807, 2.05) is 0 Å². The molecule has 0 radical (unpaired) electrons. The van der Waals surface area contributed by atoms with E-state index < -0.39 is 0 Å². The minimum Gasteiger partial charge on any atom is -0.302 e. The quantitative estimate of drug-likeness (QED) is 0.717. The van der Waals surface area contributed by atoms with Gasteiger partial charge in [-0.3, -0.25) is 4.90 Å². The van der Waals surface area contributed by atoms with Crippen LogP contribution in [0, 0.1) is 6.92 Å². The van der Waals surface area contributed by atoms with Crippen LogP contribution in [0.5, 0.6) is 0 Å². The van der Waals surface area contributed by atoms with Crippen LogP contribution in [0.2, 0.25) is 0 Å². The number of fused-ring (bicyclic) bond motifs is 3. The summed E-state index contributed by atoms with van der Waals surface area (Å²) < 4.78 is 2.25. The van der Waals surface area contributed by atoms with E-state index in [1.54, 1.807) is 0 Å². The molecule has 0 aliphatic carbocycles. The molecule has 3 heterocycles. The largest absolute Gasteiger partial charge is 0.302 e. The van der Waals surface area contributed by atoms with Gasteiger partial charge in [0.15, 0.2) is 0 Å². The van der Waals surface area contributed by atoms with Crippen LogP contribution in [0.1, 0.15) is 22.5 Å². The van der Waals surface area contributed by atoms with Gasteiger partial charge < -0.3 is 4.40 Å². The van der Waals surface area contributed by atoms with Gasteiger partial charge in [0, 0.05) is 32.3 Å². The lowest BCUT2D eigenvalue weighted by Crippen LogP contribution is -2.30. The zero-order chi connectivity index (χ0) is 14.2. The first-order valence-corrected chi connectivity index (χ1v) is 7.52. The van der Waals surface area contributed by atoms with Crippen LogP contribution in [-0.2, 0) is 19.5 Å². The van der Waals surface area contributed by atoms with E-state index in [0.29, 0.717) is 0 Å². The minimum atomic E-state index is 0.981. The zero-order valence-corrected chi connectivity index (χ0v) is 12.3. The van der Waals surface area contributed by atoms with E-state index in [2.05, 4.69) is 64.9 Å². The third-order valence-corrected chi connectivity index (χ3v) is 4.25. The minimum absolute atomic E-state index is 0.981. The third-order valence-electron chi connectivity index (χ3n) is 4.25. The van der Waals surface area contributed by atoms with Crippen molar-refractivity contribution in [1.82, 2.24) is 14.3 Å². The molecule has 2 aromatic heterocycles. The van der Waals surface area contributed by atoms with Gasteiger partial charge in [0.1, 0.15) is 5.65 Å². The Morgan fingerprint density at radius 2 is 2.00 bits per heavy atom. The van der Waals surface area contributed by atoms with E-state index in [0.717, 1.165) is 31.7 Å². The average Bonchev–Trinajstić information content (AvgIpc) is 2.85. The summed E-state index contributed by atoms with van der Waals surface area (Å²) in [5.41, 5.74) is 6.36. The van der Waals surface area contributed by atoms with Crippen LogP contribution in [0.4, 0.5) is 0 Å². The van der Waals surface area contributed by atoms with Gasteiger partial charge in [0.05, 0.1) is 11.4 Å². The second kappa shape index (κ2) is 5.01. The molecule has 0 unspecified atom stereocenters. The van der Waals surface area contributed by atoms with Gasteiger partial charge in [0.25, 0.3) is 0 Å². The molecule has 1 aliphatic heterocycles. The summed E-state index contributed by atoms with van der Waals surface area (Å²) in [7, 11) is 0. The molecular weight excluding hydrogens is 258 g/mol. The van der Waals surface area contributed by atoms with Crippen LogP contribution in [0.3, 0.4) is 0 Å². The molecule has 3 aromatic rings. The lowest BCUT2D eigenvalue weighted by atomic mass is 10.1. The van der Waals surface area contributed by atoms with Gasteiger partial charge >= 0.3 is 0 Å². The Morgan fingerprint density at radius 1 is 1.14 bits per heavy atom. The standard InChI is InChI=1S/C18H19N3/c1-14-7-10-21-17-13-20(12-15-5-3-2-4-6-15)9-8-16(17)19-18(21)11-14/h2-7,10-11H,8-9,12-13H2,1H3. The molecule has 1 aromatic carbocycles. The Bertz CT molecular complexity index is 774. The summed E-state index contributed by atoms with van der Waals surface area (Å²) in [5.74, 6) is 0. The van der Waals surface area contributed by atoms with E-state index in [1.165, 1.54) is 22.5 Å². The first-order valence-electron chi connectivity index (χ1n) is 7.52. The van der Waals surface area contributed by atoms with Gasteiger partial charge in [-0.1, -0.05) is 30.3 Å². The van der Waals surface area contributed by atoms with Crippen LogP contribution in [-0.4, -0.2) is 20.8 Å². The number of aromatic nitrogens is 2. The van der Waals surface area contributed by atoms with E-state index >= 15 is 0 Å². The van der Waals surface area contributed by atoms with Crippen molar-refractivity contribution in [2.45, 2.75) is 26.4 Å². The van der Waals surface area contributed by atoms with Gasteiger partial charge in [-0.05, 0) is 30.2 Å². The van der Waals surface area contributed by atoms with Crippen LogP contribution < -0.4 is 0 Å². The highest BCUT2D eigenvalue weighted by Gasteiger charge is 2.21. The molecule has 1 aliphatic rings. The summed E-state index contributed by atoms with van der Waals surface area (Å²) in [6.45, 7) is 5.20. The maximum absolute atomic E-state index is 4.79. The molecule has 0 spiro atoms. The fourth-order valence-electron chi connectivity index (χ4n) is 3.15. The highest BCUT2D eigenvalue weighted by Crippen LogP contribution is 2.22. The molecule has 0 fully saturated rings. The first kappa shape index (κ1) is 12.6. The SMILES string of the molecule is Cc1ccn2c3c(nc2c1)CCN(Cc1ccccc1)C3. The monoisotopic (exact) mass is 277 g/mol. The molecule has 0 saturated heterocycles. The zero-order valence-electron chi connectivity index (χ0n) is 12.3. The van der Waals surface area contributed by atoms with Crippen molar-refractivity contribution in [3.05, 3.63) is 71.2 Å². The number of rotatable bonds is 2. The summed E-state index contributed by atoms with van der Waals surface area (Å²) in [6.07, 6.45) is 3.20. The van der Waals surface area contributed by atoms with Crippen molar-refractivity contribution in [2.75, 3.05) is 6.54 Å². The molecular formula is C18H19N3. The predicted molar refractivity (Wildman–Crippen MR) is 84.2 cm³/mol. The second-order valence-corrected chi connectivity index (χ2v) is 5.88. The van der Waals surface area contributed by atoms with Crippen molar-refractivity contribution in [2.24, 2.45) is 0 Å². The van der Waals surface area contributed by atoms with Crippen molar-refractivity contribution in [3.63, 3.8) is 0 Å². The van der Waals surface area contributed by atoms with Gasteiger partial charge in [0.2, 0.25) is 0 Å². The highest BCUT2D eigenvalue weighted by molar-refractivity contribution is 5.46. The maximum Gasteiger partial charge on any atom is 0.137 e. The molecule has 0 amide bonds. The van der Waals surface area contributed by atoms with Crippen molar-refractivity contribution < 1.29 is 0 Å². The van der Waals surface area contributed by atoms with Crippen molar-refractivity contribution >= 4 is 5.65 Å². The van der Waals surface area contributed by atoms with Gasteiger partial charge in [-0.15, -0.1) is 0 Å². The van der Waals surface area contributed by atoms with Crippen molar-refractivity contribution in [1.29, 1.82) is 0 Å². The Kier molecular flexibility index (Phi) is 3.00. The molecule has 3 heteroatoms. The second-order valence-electron chi connectivity index (χ2n) is 5.88. The predicted octanol–water partition coefficient (Wildman–Crippen LogP) is 3.20. The van der Waals surface area contributed by atoms with E-state index in [-0.39, 0.29) is 0 Å². The number of aryl methyl sites for hydroxylation is 1. The summed E-state index contributed by atoms with van der Waals surface area (Å²) in [5, 5.41) is 0. The molecule has 4 rings (SSSR count). The number of nitrogens with zero attached hydrogens (tertiary/aromatic N) is 3. The smallest absolute Gasteiger partial charge is 0.137 e. The Balaban J connectivity index is 1.63. The summed E-state index contributed by atoms with van der Waals surface area (Å²) in [4.78, 5) is 7.30. The Morgan fingerprint density at radius 3 is 2.86 bits per heavy atom. The molecule has 0 atom stereocenters. The normalized spacial score (nSPS) is 15.3. The molecule has 0 saturated carbocycles. The average molecular weight is 277 g/mol. The molecule has 21 heavy (non-hydrogen) atoms. The van der Waals surface area contributed by atoms with Crippen LogP contribution in [0.25, 0.3) is 5.65 Å². The first-order chi connectivity index (χ1) is 10.3. The van der Waals surface area contributed by atoms with Crippen LogP contribution >= 0.6 is 0 Å². The van der Waals surface area contributed by atoms with E-state index in [4.69, 9.17) is 4.98 Å². The van der Waals surface area contributed by atoms with Gasteiger partial charge in [-0.2, -0.15) is 0 Å². The molecule has 0 bridgehead atoms. The number of benzene rings is 1. The Labute approximate surface area is 124 Å². The highest BCUT2D eigenvalue weighted by atomic mass is 15.2. The van der Waals surface area contributed by atoms with Crippen LogP contribution in [0.15, 0.2) is 48.7 Å². The Hall–Kier alpha value is -2.13. The molecule has 0 N–H and O–H groups in total. The summed E-state index contributed by atoms with van der Waals surface area (Å²) >= 11 is 0. The van der Waals surface area contributed by atoms with Gasteiger partial charge in [-0.25, -0.2) is 4.98 Å². The lowest BCUT2D eigenvalue weighted by molar-refractivity contribution is 0.240. The fraction of sp³-hybridized carbons (Fsp3) is 0.278. The summed E-state index contributed by atoms with van der Waals surface area (Å²) in [6, 6.07) is 15.0.